The van der Waals surface area contributed by atoms with Crippen molar-refractivity contribution in [1.82, 2.24) is 4.98 Å². The number of rotatable bonds is 8. The van der Waals surface area contributed by atoms with Gasteiger partial charge in [-0.25, -0.2) is 13.4 Å². The predicted octanol–water partition coefficient (Wildman–Crippen LogP) is 4.15. The van der Waals surface area contributed by atoms with Gasteiger partial charge in [-0.1, -0.05) is 24.3 Å². The Balaban J connectivity index is 1.71. The van der Waals surface area contributed by atoms with Gasteiger partial charge in [-0.2, -0.15) is 0 Å². The molecule has 0 radical (unpaired) electrons. The maximum absolute atomic E-state index is 12.3. The minimum absolute atomic E-state index is 0.219. The van der Waals surface area contributed by atoms with E-state index in [-0.39, 0.29) is 10.8 Å². The van der Waals surface area contributed by atoms with Gasteiger partial charge in [0.1, 0.15) is 0 Å². The van der Waals surface area contributed by atoms with Crippen LogP contribution in [0.4, 0.5) is 5.13 Å². The highest BCUT2D eigenvalue weighted by molar-refractivity contribution is 7.90. The predicted molar refractivity (Wildman–Crippen MR) is 119 cm³/mol. The number of ether oxygens (including phenoxy) is 2. The monoisotopic (exact) mass is 446 g/mol. The molecule has 3 aromatic rings. The lowest BCUT2D eigenvalue weighted by Crippen LogP contribution is -2.07. The maximum Gasteiger partial charge on any atom is 0.250 e. The fourth-order valence-electron chi connectivity index (χ4n) is 2.63. The SMILES string of the molecule is CCCOc1ccc(/C=C/C(=O)Nc2nc3ccc(S(C)(=O)=O)cc3s2)cc1OC. The third kappa shape index (κ3) is 5.37. The molecule has 3 rings (SSSR count). The van der Waals surface area contributed by atoms with Crippen LogP contribution in [0.2, 0.25) is 0 Å². The van der Waals surface area contributed by atoms with E-state index in [1.54, 1.807) is 37.5 Å². The van der Waals surface area contributed by atoms with Crippen molar-refractivity contribution in [1.29, 1.82) is 0 Å². The number of carbonyl (C=O) groups excluding carboxylic acids is 1. The van der Waals surface area contributed by atoms with Crippen molar-refractivity contribution < 1.29 is 22.7 Å². The van der Waals surface area contributed by atoms with E-state index in [0.29, 0.717) is 33.5 Å². The number of methoxy groups -OCH3 is 1. The first-order valence-corrected chi connectivity index (χ1v) is 11.9. The van der Waals surface area contributed by atoms with Crippen molar-refractivity contribution in [3.63, 3.8) is 0 Å². The van der Waals surface area contributed by atoms with Gasteiger partial charge in [0.25, 0.3) is 0 Å². The molecule has 0 unspecified atom stereocenters. The normalized spacial score (nSPS) is 11.7. The molecule has 0 aliphatic heterocycles. The Hall–Kier alpha value is -2.91. The zero-order chi connectivity index (χ0) is 21.7. The number of thiazole rings is 1. The summed E-state index contributed by atoms with van der Waals surface area (Å²) in [5.41, 5.74) is 1.41. The van der Waals surface area contributed by atoms with Crippen molar-refractivity contribution in [2.45, 2.75) is 18.2 Å². The molecule has 1 aromatic heterocycles. The minimum Gasteiger partial charge on any atom is -0.493 e. The summed E-state index contributed by atoms with van der Waals surface area (Å²) >= 11 is 1.22. The molecular weight excluding hydrogens is 424 g/mol. The molecule has 0 saturated heterocycles. The highest BCUT2D eigenvalue weighted by atomic mass is 32.2. The van der Waals surface area contributed by atoms with E-state index < -0.39 is 9.84 Å². The summed E-state index contributed by atoms with van der Waals surface area (Å²) in [6.45, 7) is 2.63. The molecule has 1 amide bonds. The van der Waals surface area contributed by atoms with Crippen LogP contribution in [0, 0.1) is 0 Å². The summed E-state index contributed by atoms with van der Waals surface area (Å²) < 4.78 is 35.0. The van der Waals surface area contributed by atoms with Crippen molar-refractivity contribution in [3.8, 4) is 11.5 Å². The van der Waals surface area contributed by atoms with E-state index in [2.05, 4.69) is 10.3 Å². The summed E-state index contributed by atoms with van der Waals surface area (Å²) in [5.74, 6) is 0.908. The van der Waals surface area contributed by atoms with Crippen LogP contribution in [-0.4, -0.2) is 39.3 Å². The van der Waals surface area contributed by atoms with Gasteiger partial charge in [-0.3, -0.25) is 10.1 Å². The number of carbonyl (C=O) groups is 1. The van der Waals surface area contributed by atoms with E-state index in [9.17, 15) is 13.2 Å². The molecule has 0 spiro atoms. The number of hydrogen-bond donors (Lipinski definition) is 1. The number of nitrogens with one attached hydrogen (secondary N) is 1. The van der Waals surface area contributed by atoms with Gasteiger partial charge >= 0.3 is 0 Å². The quantitative estimate of drug-likeness (QED) is 0.523. The number of nitrogens with zero attached hydrogens (tertiary/aromatic N) is 1. The first-order valence-electron chi connectivity index (χ1n) is 9.20. The molecule has 1 heterocycles. The second-order valence-corrected chi connectivity index (χ2v) is 9.55. The van der Waals surface area contributed by atoms with Crippen LogP contribution in [0.15, 0.2) is 47.4 Å². The van der Waals surface area contributed by atoms with Crippen LogP contribution in [0.25, 0.3) is 16.3 Å². The second kappa shape index (κ2) is 9.27. The van der Waals surface area contributed by atoms with Gasteiger partial charge in [-0.05, 0) is 48.4 Å². The van der Waals surface area contributed by atoms with Crippen molar-refractivity contribution in [3.05, 3.63) is 48.0 Å². The second-order valence-electron chi connectivity index (χ2n) is 6.50. The number of sulfone groups is 1. The Morgan fingerprint density at radius 1 is 1.20 bits per heavy atom. The third-order valence-corrected chi connectivity index (χ3v) is 6.14. The lowest BCUT2D eigenvalue weighted by Gasteiger charge is -2.10. The van der Waals surface area contributed by atoms with Crippen LogP contribution in [0.5, 0.6) is 11.5 Å². The highest BCUT2D eigenvalue weighted by Crippen LogP contribution is 2.29. The van der Waals surface area contributed by atoms with Crippen molar-refractivity contribution in [2.24, 2.45) is 0 Å². The molecule has 1 N–H and O–H groups in total. The van der Waals surface area contributed by atoms with Gasteiger partial charge in [0.05, 0.1) is 28.8 Å². The van der Waals surface area contributed by atoms with E-state index >= 15 is 0 Å². The van der Waals surface area contributed by atoms with Crippen LogP contribution in [0.1, 0.15) is 18.9 Å². The molecule has 2 aromatic carbocycles. The van der Waals surface area contributed by atoms with Gasteiger partial charge in [0, 0.05) is 12.3 Å². The average Bonchev–Trinajstić information content (AvgIpc) is 3.11. The lowest BCUT2D eigenvalue weighted by atomic mass is 10.2. The smallest absolute Gasteiger partial charge is 0.250 e. The average molecular weight is 447 g/mol. The van der Waals surface area contributed by atoms with E-state index in [1.165, 1.54) is 23.5 Å². The summed E-state index contributed by atoms with van der Waals surface area (Å²) in [7, 11) is -1.73. The molecule has 0 aliphatic rings. The zero-order valence-electron chi connectivity index (χ0n) is 16.8. The fourth-order valence-corrected chi connectivity index (χ4v) is 4.26. The molecule has 0 atom stereocenters. The molecule has 0 fully saturated rings. The highest BCUT2D eigenvalue weighted by Gasteiger charge is 2.11. The van der Waals surface area contributed by atoms with Gasteiger partial charge in [0.2, 0.25) is 5.91 Å². The molecular formula is C21H22N2O5S2. The summed E-state index contributed by atoms with van der Waals surface area (Å²) in [4.78, 5) is 16.8. The molecule has 7 nitrogen and oxygen atoms in total. The third-order valence-electron chi connectivity index (χ3n) is 4.09. The zero-order valence-corrected chi connectivity index (χ0v) is 18.5. The van der Waals surface area contributed by atoms with Crippen LogP contribution < -0.4 is 14.8 Å². The number of aromatic nitrogens is 1. The Morgan fingerprint density at radius 3 is 2.70 bits per heavy atom. The van der Waals surface area contributed by atoms with Crippen LogP contribution >= 0.6 is 11.3 Å². The number of amides is 1. The van der Waals surface area contributed by atoms with Crippen molar-refractivity contribution in [2.75, 3.05) is 25.3 Å². The number of benzene rings is 2. The summed E-state index contributed by atoms with van der Waals surface area (Å²) in [5, 5.41) is 3.10. The fraction of sp³-hybridized carbons (Fsp3) is 0.238. The number of hydrogen-bond acceptors (Lipinski definition) is 7. The number of fused-ring (bicyclic) bond motifs is 1. The van der Waals surface area contributed by atoms with Crippen LogP contribution in [0.3, 0.4) is 0 Å². The lowest BCUT2D eigenvalue weighted by molar-refractivity contribution is -0.111. The molecule has 158 valence electrons. The van der Waals surface area contributed by atoms with E-state index in [0.717, 1.165) is 18.2 Å². The first-order chi connectivity index (χ1) is 14.3. The Kier molecular flexibility index (Phi) is 6.73. The molecule has 0 aliphatic carbocycles. The molecule has 0 saturated carbocycles. The standard InChI is InChI=1S/C21H22N2O5S2/c1-4-11-28-17-9-5-14(12-18(17)27-2)6-10-20(24)23-21-22-16-8-7-15(30(3,25)26)13-19(16)29-21/h5-10,12-13H,4,11H2,1-3H3,(H,22,23,24)/b10-6+. The maximum atomic E-state index is 12.3. The Morgan fingerprint density at radius 2 is 2.00 bits per heavy atom. The van der Waals surface area contributed by atoms with Gasteiger partial charge < -0.3 is 9.47 Å². The topological polar surface area (TPSA) is 94.6 Å². The summed E-state index contributed by atoms with van der Waals surface area (Å²) in [6.07, 6.45) is 5.11. The van der Waals surface area contributed by atoms with Gasteiger partial charge in [0.15, 0.2) is 26.5 Å². The molecule has 0 bridgehead atoms. The van der Waals surface area contributed by atoms with E-state index in [4.69, 9.17) is 9.47 Å². The first kappa shape index (κ1) is 21.8. The largest absolute Gasteiger partial charge is 0.493 e. The van der Waals surface area contributed by atoms with E-state index in [1.807, 2.05) is 13.0 Å². The van der Waals surface area contributed by atoms with Gasteiger partial charge in [-0.15, -0.1) is 0 Å². The molecule has 30 heavy (non-hydrogen) atoms. The summed E-state index contributed by atoms with van der Waals surface area (Å²) in [6, 6.07) is 10.1. The Bertz CT molecular complexity index is 1200. The van der Waals surface area contributed by atoms with Crippen molar-refractivity contribution >= 4 is 48.5 Å². The Labute approximate surface area is 179 Å². The molecule has 9 heteroatoms. The van der Waals surface area contributed by atoms with Crippen LogP contribution in [-0.2, 0) is 14.6 Å². The number of anilines is 1. The minimum atomic E-state index is -3.30.